The predicted molar refractivity (Wildman–Crippen MR) is 123 cm³/mol. The third-order valence-corrected chi connectivity index (χ3v) is 8.29. The van der Waals surface area contributed by atoms with Gasteiger partial charge >= 0.3 is 0 Å². The average Bonchev–Trinajstić information content (AvgIpc) is 3.08. The van der Waals surface area contributed by atoms with Gasteiger partial charge in [0.2, 0.25) is 6.36 Å². The second-order valence-corrected chi connectivity index (χ2v) is 11.5. The van der Waals surface area contributed by atoms with E-state index >= 15 is 0 Å². The Labute approximate surface area is 195 Å². The Morgan fingerprint density at radius 1 is 1.32 bits per heavy atom. The van der Waals surface area contributed by atoms with Gasteiger partial charge in [0.05, 0.1) is 40.3 Å². The number of nitrogens with zero attached hydrogens (tertiary/aromatic N) is 3. The van der Waals surface area contributed by atoms with Gasteiger partial charge in [0, 0.05) is 18.7 Å². The normalized spacial score (nSPS) is 23.5. The van der Waals surface area contributed by atoms with Crippen LogP contribution < -0.4 is 10.1 Å². The molecule has 2 aromatic heterocycles. The van der Waals surface area contributed by atoms with Crippen LogP contribution in [-0.4, -0.2) is 63.7 Å². The molecule has 11 heteroatoms. The Morgan fingerprint density at radius 3 is 2.71 bits per heavy atom. The number of rotatable bonds is 6. The molecule has 2 fully saturated rings. The number of amides is 1. The number of ether oxygens (including phenoxy) is 1. The number of hydrogen-bond acceptors (Lipinski definition) is 7. The molecule has 1 aliphatic carbocycles. The zero-order valence-electron chi connectivity index (χ0n) is 18.7. The number of pyridine rings is 1. The van der Waals surface area contributed by atoms with Crippen LogP contribution in [-0.2, 0) is 9.84 Å². The molecule has 1 saturated heterocycles. The topological polar surface area (TPSA) is 123 Å². The highest BCUT2D eigenvalue weighted by Crippen LogP contribution is 2.37. The van der Waals surface area contributed by atoms with Crippen molar-refractivity contribution in [3.63, 3.8) is 0 Å². The van der Waals surface area contributed by atoms with Crippen LogP contribution in [0.15, 0.2) is 36.5 Å². The van der Waals surface area contributed by atoms with Gasteiger partial charge in [-0.15, -0.1) is 0 Å². The molecule has 9 nitrogen and oxygen atoms in total. The van der Waals surface area contributed by atoms with Crippen LogP contribution in [0.4, 0.5) is 4.39 Å². The molecule has 2 N–H and O–H groups in total. The van der Waals surface area contributed by atoms with Gasteiger partial charge in [-0.05, 0) is 38.0 Å². The fourth-order valence-electron chi connectivity index (χ4n) is 4.63. The molecule has 3 heterocycles. The summed E-state index contributed by atoms with van der Waals surface area (Å²) in [5.41, 5.74) is 1.89. The predicted octanol–water partition coefficient (Wildman–Crippen LogP) is 2.41. The van der Waals surface area contributed by atoms with E-state index in [-0.39, 0.29) is 23.1 Å². The average molecular weight is 489 g/mol. The van der Waals surface area contributed by atoms with E-state index in [0.29, 0.717) is 40.9 Å². The van der Waals surface area contributed by atoms with Crippen molar-refractivity contribution in [2.45, 2.75) is 50.7 Å². The van der Waals surface area contributed by atoms with Gasteiger partial charge in [-0.25, -0.2) is 12.8 Å². The Kier molecular flexibility index (Phi) is 5.36. The number of carbonyl (C=O) groups excluding carboxylic acids is 1. The maximum atomic E-state index is 13.3. The van der Waals surface area contributed by atoms with E-state index in [1.165, 1.54) is 13.1 Å². The minimum Gasteiger partial charge on any atom is -0.461 e. The van der Waals surface area contributed by atoms with Crippen LogP contribution in [0.2, 0.25) is 0 Å². The van der Waals surface area contributed by atoms with Gasteiger partial charge in [-0.2, -0.15) is 5.10 Å². The minimum atomic E-state index is -3.11. The molecule has 1 amide bonds. The van der Waals surface area contributed by atoms with Gasteiger partial charge < -0.3 is 15.2 Å². The molecule has 5 rings (SSSR count). The van der Waals surface area contributed by atoms with Crippen LogP contribution in [0.25, 0.3) is 22.3 Å². The number of aliphatic hydroxyl groups excluding tert-OH is 1. The van der Waals surface area contributed by atoms with Crippen LogP contribution in [0, 0.1) is 0 Å². The molecule has 0 spiro atoms. The maximum Gasteiger partial charge on any atom is 0.253 e. The summed E-state index contributed by atoms with van der Waals surface area (Å²) in [7, 11) is -3.11. The number of aromatic nitrogens is 3. The van der Waals surface area contributed by atoms with Gasteiger partial charge in [0.1, 0.15) is 17.0 Å². The first-order valence-electron chi connectivity index (χ1n) is 11.0. The molecule has 1 saturated carbocycles. The SMILES string of the molecule is CC(F)Oc1cccc(-c2nn(C3CC(O)C3)c3cc(C(=O)NC4(C)CS(=O)(=O)C4)cnc23)c1. The first-order valence-corrected chi connectivity index (χ1v) is 12.8. The zero-order chi connectivity index (χ0) is 24.3. The quantitative estimate of drug-likeness (QED) is 0.546. The van der Waals surface area contributed by atoms with Gasteiger partial charge in [-0.3, -0.25) is 14.5 Å². The third kappa shape index (κ3) is 4.25. The molecule has 0 radical (unpaired) electrons. The summed E-state index contributed by atoms with van der Waals surface area (Å²) in [5, 5.41) is 17.4. The number of aliphatic hydroxyl groups is 1. The number of halogens is 1. The van der Waals surface area contributed by atoms with Crippen LogP contribution in [0.1, 0.15) is 43.1 Å². The van der Waals surface area contributed by atoms with Crippen LogP contribution >= 0.6 is 0 Å². The highest BCUT2D eigenvalue weighted by molar-refractivity contribution is 7.93. The molecule has 1 aromatic carbocycles. The van der Waals surface area contributed by atoms with E-state index in [2.05, 4.69) is 10.3 Å². The first-order chi connectivity index (χ1) is 16.0. The smallest absolute Gasteiger partial charge is 0.253 e. The Morgan fingerprint density at radius 2 is 2.06 bits per heavy atom. The lowest BCUT2D eigenvalue weighted by Crippen LogP contribution is -2.63. The lowest BCUT2D eigenvalue weighted by molar-refractivity contribution is 0.0454. The van der Waals surface area contributed by atoms with E-state index < -0.39 is 33.7 Å². The Bertz CT molecular complexity index is 1370. The van der Waals surface area contributed by atoms with Crippen molar-refractivity contribution in [2.24, 2.45) is 0 Å². The number of nitrogens with one attached hydrogen (secondary N) is 1. The molecule has 34 heavy (non-hydrogen) atoms. The monoisotopic (exact) mass is 488 g/mol. The maximum absolute atomic E-state index is 13.3. The highest BCUT2D eigenvalue weighted by Gasteiger charge is 2.45. The van der Waals surface area contributed by atoms with Crippen molar-refractivity contribution in [1.29, 1.82) is 0 Å². The Balaban J connectivity index is 1.52. The second kappa shape index (κ2) is 8.02. The van der Waals surface area contributed by atoms with Gasteiger partial charge in [0.25, 0.3) is 5.91 Å². The van der Waals surface area contributed by atoms with Crippen molar-refractivity contribution in [3.05, 3.63) is 42.1 Å². The van der Waals surface area contributed by atoms with Gasteiger partial charge in [-0.1, -0.05) is 12.1 Å². The lowest BCUT2D eigenvalue weighted by atomic mass is 9.89. The molecule has 1 aliphatic heterocycles. The molecular weight excluding hydrogens is 463 g/mol. The van der Waals surface area contributed by atoms with Crippen molar-refractivity contribution < 1.29 is 27.4 Å². The van der Waals surface area contributed by atoms with Crippen molar-refractivity contribution in [3.8, 4) is 17.0 Å². The molecule has 2 aliphatic rings. The summed E-state index contributed by atoms with van der Waals surface area (Å²) in [5.74, 6) is -0.255. The van der Waals surface area contributed by atoms with Crippen molar-refractivity contribution in [1.82, 2.24) is 20.1 Å². The molecule has 1 atom stereocenters. The number of benzene rings is 1. The van der Waals surface area contributed by atoms with Crippen molar-refractivity contribution in [2.75, 3.05) is 11.5 Å². The number of alkyl halides is 1. The van der Waals surface area contributed by atoms with E-state index in [1.807, 2.05) is 6.07 Å². The van der Waals surface area contributed by atoms with E-state index in [1.54, 1.807) is 35.9 Å². The second-order valence-electron chi connectivity index (χ2n) is 9.40. The summed E-state index contributed by atoms with van der Waals surface area (Å²) in [6.07, 6.45) is 0.627. The summed E-state index contributed by atoms with van der Waals surface area (Å²) in [4.78, 5) is 17.4. The van der Waals surface area contributed by atoms with E-state index in [4.69, 9.17) is 9.84 Å². The van der Waals surface area contributed by atoms with E-state index in [0.717, 1.165) is 0 Å². The number of sulfone groups is 1. The van der Waals surface area contributed by atoms with Crippen molar-refractivity contribution >= 4 is 26.8 Å². The van der Waals surface area contributed by atoms with Crippen LogP contribution in [0.5, 0.6) is 5.75 Å². The summed E-state index contributed by atoms with van der Waals surface area (Å²) in [6, 6.07) is 8.51. The standard InChI is InChI=1S/C23H25FN4O5S/c1-13(24)33-18-5-3-4-14(6-18)20-21-19(28(27-20)16-8-17(29)9-16)7-15(10-25-21)22(30)26-23(2)11-34(31,32)12-23/h3-7,10,13,16-17,29H,8-9,11-12H2,1-2H3,(H,26,30). The fourth-order valence-corrected chi connectivity index (χ4v) is 6.63. The van der Waals surface area contributed by atoms with Gasteiger partial charge in [0.15, 0.2) is 9.84 Å². The largest absolute Gasteiger partial charge is 0.461 e. The minimum absolute atomic E-state index is 0.0500. The summed E-state index contributed by atoms with van der Waals surface area (Å²) < 4.78 is 43.4. The zero-order valence-corrected chi connectivity index (χ0v) is 19.5. The highest BCUT2D eigenvalue weighted by atomic mass is 32.2. The summed E-state index contributed by atoms with van der Waals surface area (Å²) >= 11 is 0. The third-order valence-electron chi connectivity index (χ3n) is 6.14. The number of carbonyl (C=O) groups is 1. The molecule has 1 unspecified atom stereocenters. The molecule has 3 aromatic rings. The fraction of sp³-hybridized carbons (Fsp3) is 0.435. The summed E-state index contributed by atoms with van der Waals surface area (Å²) in [6.45, 7) is 3.00. The Hall–Kier alpha value is -3.05. The van der Waals surface area contributed by atoms with Crippen LogP contribution in [0.3, 0.4) is 0 Å². The number of hydrogen-bond donors (Lipinski definition) is 2. The molecule has 0 bridgehead atoms. The molecule has 180 valence electrons. The lowest BCUT2D eigenvalue weighted by Gasteiger charge is -2.38. The first kappa shape index (κ1) is 22.7. The number of fused-ring (bicyclic) bond motifs is 1. The van der Waals surface area contributed by atoms with E-state index in [9.17, 15) is 22.7 Å². The molecular formula is C23H25FN4O5S.